The number of hydrogen-bond donors (Lipinski definition) is 4. The summed E-state index contributed by atoms with van der Waals surface area (Å²) >= 11 is 0. The second-order valence-corrected chi connectivity index (χ2v) is 11.2. The molecule has 16 heteroatoms. The number of nitrogens with one attached hydrogen (secondary N) is 1. The van der Waals surface area contributed by atoms with Gasteiger partial charge < -0.3 is 33.5 Å². The Morgan fingerprint density at radius 1 is 0.900 bits per heavy atom. The molecule has 1 aromatic heterocycles. The first kappa shape index (κ1) is 38.1. The fourth-order valence-electron chi connectivity index (χ4n) is 5.54. The summed E-state index contributed by atoms with van der Waals surface area (Å²) in [5, 5.41) is 11.5. The number of hydrogen-bond acceptors (Lipinski definition) is 11. The second-order valence-electron chi connectivity index (χ2n) is 10.7. The van der Waals surface area contributed by atoms with Gasteiger partial charge in [0.2, 0.25) is 0 Å². The first-order chi connectivity index (χ1) is 24.0. The number of aliphatic hydroxyl groups is 1. The van der Waals surface area contributed by atoms with Gasteiger partial charge in [-0.15, -0.1) is 9.79 Å². The van der Waals surface area contributed by atoms with Gasteiger partial charge >= 0.3 is 19.9 Å². The van der Waals surface area contributed by atoms with E-state index in [4.69, 9.17) is 42.8 Å². The number of ether oxygens (including phenoxy) is 6. The van der Waals surface area contributed by atoms with Crippen molar-refractivity contribution in [3.63, 3.8) is 0 Å². The number of aromatic amines is 1. The number of esters is 1. The van der Waals surface area contributed by atoms with Crippen LogP contribution >= 0.6 is 8.25 Å². The van der Waals surface area contributed by atoms with Crippen LogP contribution in [-0.4, -0.2) is 82.8 Å². The van der Waals surface area contributed by atoms with Crippen molar-refractivity contribution in [2.45, 2.75) is 37.1 Å². The lowest BCUT2D eigenvalue weighted by atomic mass is 9.80. The largest absolute Gasteiger partial charge is 0.692 e. The molecule has 4 aromatic rings. The summed E-state index contributed by atoms with van der Waals surface area (Å²) in [6, 6.07) is 25.7. The predicted molar refractivity (Wildman–Crippen MR) is 178 cm³/mol. The Kier molecular flexibility index (Phi) is 13.5. The molecule has 0 radical (unpaired) electrons. The molecule has 1 saturated heterocycles. The van der Waals surface area contributed by atoms with E-state index >= 15 is 0 Å². The van der Waals surface area contributed by atoms with Gasteiger partial charge in [0.1, 0.15) is 42.0 Å². The molecule has 0 amide bonds. The summed E-state index contributed by atoms with van der Waals surface area (Å²) in [7, 11) is 0.302. The Hall–Kier alpha value is -4.73. The number of rotatable bonds is 13. The number of aromatic nitrogens is 2. The van der Waals surface area contributed by atoms with Gasteiger partial charge in [-0.3, -0.25) is 14.3 Å². The van der Waals surface area contributed by atoms with Crippen LogP contribution in [0.25, 0.3) is 0 Å². The van der Waals surface area contributed by atoms with Gasteiger partial charge in [0.05, 0.1) is 27.4 Å². The molecule has 15 nitrogen and oxygen atoms in total. The predicted octanol–water partition coefficient (Wildman–Crippen LogP) is 2.40. The standard InChI is InChI=1S/C34H36N2O10.HO3P/c1-4-43-29(38)21-44-31-30(39)27(46-32(31)36-19-18-28(37)35-33(36)40)20-45-34(22-8-6-5-7-9-22,23-10-14-25(41-2)15-11-23)24-12-16-26(42-3)17-13-24;1-4(2)3/h5-19,27,30-32,39H,4,20-21H2,1-3H3,(H,35,37,40);(H-,1,2,3)/p+1/t27-,30?,31?,32-;/m0./s1. The number of nitrogens with zero attached hydrogens (tertiary/aromatic N) is 1. The third-order valence-corrected chi connectivity index (χ3v) is 7.77. The highest BCUT2D eigenvalue weighted by Crippen LogP contribution is 2.43. The minimum absolute atomic E-state index is 0.142. The molecule has 0 aliphatic carbocycles. The summed E-state index contributed by atoms with van der Waals surface area (Å²) in [4.78, 5) is 53.1. The van der Waals surface area contributed by atoms with Gasteiger partial charge in [-0.25, -0.2) is 9.59 Å². The highest BCUT2D eigenvalue weighted by molar-refractivity contribution is 7.30. The molecule has 2 unspecified atom stereocenters. The summed E-state index contributed by atoms with van der Waals surface area (Å²) in [5.41, 5.74) is -0.263. The van der Waals surface area contributed by atoms with E-state index in [-0.39, 0.29) is 13.2 Å². The van der Waals surface area contributed by atoms with Crippen molar-refractivity contribution < 1.29 is 52.7 Å². The summed E-state index contributed by atoms with van der Waals surface area (Å²) in [5.74, 6) is 0.667. The Morgan fingerprint density at radius 2 is 1.44 bits per heavy atom. The van der Waals surface area contributed by atoms with Crippen molar-refractivity contribution in [3.8, 4) is 11.5 Å². The van der Waals surface area contributed by atoms with E-state index in [9.17, 15) is 19.5 Å². The monoisotopic (exact) mass is 713 g/mol. The quantitative estimate of drug-likeness (QED) is 0.0894. The van der Waals surface area contributed by atoms with E-state index in [1.165, 1.54) is 6.20 Å². The Morgan fingerprint density at radius 3 is 1.94 bits per heavy atom. The number of H-pyrrole nitrogens is 1. The topological polar surface area (TPSA) is 205 Å². The molecule has 4 N–H and O–H groups in total. The molecule has 0 bridgehead atoms. The second kappa shape index (κ2) is 17.8. The zero-order chi connectivity index (χ0) is 36.3. The fourth-order valence-corrected chi connectivity index (χ4v) is 5.54. The van der Waals surface area contributed by atoms with Crippen molar-refractivity contribution in [2.24, 2.45) is 0 Å². The summed E-state index contributed by atoms with van der Waals surface area (Å²) < 4.78 is 44.4. The molecular weight excluding hydrogens is 675 g/mol. The van der Waals surface area contributed by atoms with Crippen LogP contribution in [-0.2, 0) is 33.9 Å². The van der Waals surface area contributed by atoms with Gasteiger partial charge in [-0.2, -0.15) is 0 Å². The van der Waals surface area contributed by atoms with Crippen LogP contribution < -0.4 is 20.7 Å². The van der Waals surface area contributed by atoms with Gasteiger partial charge in [0.25, 0.3) is 5.56 Å². The van der Waals surface area contributed by atoms with Crippen molar-refractivity contribution in [3.05, 3.63) is 129 Å². The maximum Gasteiger partial charge on any atom is 0.692 e. The number of aliphatic hydroxyl groups excluding tert-OH is 1. The van der Waals surface area contributed by atoms with Gasteiger partial charge in [-0.05, 0) is 47.9 Å². The van der Waals surface area contributed by atoms with E-state index in [2.05, 4.69) is 4.98 Å². The molecule has 0 saturated carbocycles. The van der Waals surface area contributed by atoms with Crippen LogP contribution in [0, 0.1) is 0 Å². The van der Waals surface area contributed by atoms with Crippen LogP contribution in [0.2, 0.25) is 0 Å². The molecule has 5 rings (SSSR count). The van der Waals surface area contributed by atoms with Gasteiger partial charge in [0, 0.05) is 16.8 Å². The lowest BCUT2D eigenvalue weighted by Gasteiger charge is -2.37. The molecule has 1 aliphatic rings. The maximum atomic E-state index is 12.8. The first-order valence-electron chi connectivity index (χ1n) is 15.3. The van der Waals surface area contributed by atoms with E-state index in [0.717, 1.165) is 27.3 Å². The lowest BCUT2D eigenvalue weighted by molar-refractivity contribution is -0.155. The summed E-state index contributed by atoms with van der Waals surface area (Å²) in [6.07, 6.45) is -3.52. The Balaban J connectivity index is 0.00000133. The zero-order valence-electron chi connectivity index (χ0n) is 27.4. The molecule has 3 aromatic carbocycles. The zero-order valence-corrected chi connectivity index (χ0v) is 28.3. The Bertz CT molecular complexity index is 1760. The molecule has 4 atom stereocenters. The molecule has 1 fully saturated rings. The van der Waals surface area contributed by atoms with Crippen molar-refractivity contribution in [2.75, 3.05) is 34.0 Å². The van der Waals surface area contributed by atoms with E-state index < -0.39 is 62.2 Å². The van der Waals surface area contributed by atoms with E-state index in [1.807, 2.05) is 78.9 Å². The van der Waals surface area contributed by atoms with Crippen LogP contribution in [0.5, 0.6) is 11.5 Å². The van der Waals surface area contributed by atoms with Crippen LogP contribution in [0.4, 0.5) is 0 Å². The number of carbonyl (C=O) groups is 1. The van der Waals surface area contributed by atoms with E-state index in [1.54, 1.807) is 21.1 Å². The average Bonchev–Trinajstić information content (AvgIpc) is 3.42. The molecule has 50 heavy (non-hydrogen) atoms. The molecule has 0 spiro atoms. The Labute approximate surface area is 287 Å². The minimum atomic E-state index is -2.87. The highest BCUT2D eigenvalue weighted by atomic mass is 31.1. The first-order valence-corrected chi connectivity index (χ1v) is 16.5. The smallest absolute Gasteiger partial charge is 0.497 e. The number of methoxy groups -OCH3 is 2. The number of benzene rings is 3. The third-order valence-electron chi connectivity index (χ3n) is 7.77. The third kappa shape index (κ3) is 9.08. The minimum Gasteiger partial charge on any atom is -0.497 e. The van der Waals surface area contributed by atoms with E-state index in [0.29, 0.717) is 11.5 Å². The van der Waals surface area contributed by atoms with Crippen LogP contribution in [0.15, 0.2) is 101 Å². The average molecular weight is 714 g/mol. The highest BCUT2D eigenvalue weighted by Gasteiger charge is 2.48. The summed E-state index contributed by atoms with van der Waals surface area (Å²) in [6.45, 7) is 1.13. The molecule has 266 valence electrons. The maximum absolute atomic E-state index is 12.8. The SMILES string of the molecule is CCOC(=O)COC1C(O)[C@H](COC(c2ccccc2)(c2ccc(OC)cc2)c2ccc(OC)cc2)O[C@@H]1n1ccc(=O)[nH]c1=O.O=[P+](O)O. The number of carbonyl (C=O) groups excluding carboxylic acids is 1. The van der Waals surface area contributed by atoms with Crippen molar-refractivity contribution in [1.82, 2.24) is 9.55 Å². The van der Waals surface area contributed by atoms with Crippen molar-refractivity contribution >= 4 is 14.2 Å². The normalized spacial score (nSPS) is 18.4. The van der Waals surface area contributed by atoms with Crippen LogP contribution in [0.3, 0.4) is 0 Å². The van der Waals surface area contributed by atoms with Gasteiger partial charge in [0.15, 0.2) is 6.23 Å². The lowest BCUT2D eigenvalue weighted by Crippen LogP contribution is -2.41. The fraction of sp³-hybridized carbons (Fsp3) is 0.324. The van der Waals surface area contributed by atoms with Gasteiger partial charge in [-0.1, -0.05) is 54.6 Å². The van der Waals surface area contributed by atoms with Crippen LogP contribution in [0.1, 0.15) is 29.8 Å². The molecule has 2 heterocycles. The van der Waals surface area contributed by atoms with Crippen molar-refractivity contribution in [1.29, 1.82) is 0 Å². The molecule has 1 aliphatic heterocycles. The molecular formula is C34H38N2O13P+.